The number of likely N-dealkylation sites (tertiary alicyclic amines) is 1. The SMILES string of the molecule is Cc1cc(C)n(-c2cc(NC(=O)CN3CCC4CCC(C3)N4OC(=O)OC(C)(C)C)nc(-c3ccc(C)o3)n2)n1. The molecule has 0 radical (unpaired) electrons. The lowest BCUT2D eigenvalue weighted by Crippen LogP contribution is -2.43. The van der Waals surface area contributed by atoms with Crippen LogP contribution < -0.4 is 5.32 Å². The van der Waals surface area contributed by atoms with Crippen molar-refractivity contribution < 1.29 is 23.6 Å². The third-order valence-electron chi connectivity index (χ3n) is 6.90. The van der Waals surface area contributed by atoms with Crippen molar-refractivity contribution in [1.82, 2.24) is 29.7 Å². The number of hydrogen-bond donors (Lipinski definition) is 1. The van der Waals surface area contributed by atoms with Crippen molar-refractivity contribution in [2.75, 3.05) is 25.0 Å². The second kappa shape index (κ2) is 11.0. The van der Waals surface area contributed by atoms with E-state index in [9.17, 15) is 9.59 Å². The molecular formula is C28H37N7O5. The molecule has 0 spiro atoms. The van der Waals surface area contributed by atoms with Gasteiger partial charge in [0.05, 0.1) is 18.3 Å². The van der Waals surface area contributed by atoms with Gasteiger partial charge in [0.15, 0.2) is 17.4 Å². The summed E-state index contributed by atoms with van der Waals surface area (Å²) in [6.45, 7) is 12.6. The molecule has 2 saturated heterocycles. The molecule has 0 aliphatic carbocycles. The van der Waals surface area contributed by atoms with Gasteiger partial charge < -0.3 is 19.3 Å². The number of aryl methyl sites for hydroxylation is 3. The van der Waals surface area contributed by atoms with E-state index in [1.165, 1.54) is 0 Å². The van der Waals surface area contributed by atoms with E-state index >= 15 is 0 Å². The van der Waals surface area contributed by atoms with Crippen molar-refractivity contribution >= 4 is 17.9 Å². The lowest BCUT2D eigenvalue weighted by Gasteiger charge is -2.28. The number of furan rings is 1. The molecule has 3 aromatic rings. The van der Waals surface area contributed by atoms with Gasteiger partial charge in [-0.1, -0.05) is 0 Å². The maximum Gasteiger partial charge on any atom is 0.528 e. The number of nitrogens with one attached hydrogen (secondary N) is 1. The maximum atomic E-state index is 13.2. The summed E-state index contributed by atoms with van der Waals surface area (Å²) in [5, 5.41) is 9.25. The first-order valence-electron chi connectivity index (χ1n) is 13.6. The molecular weight excluding hydrogens is 514 g/mol. The highest BCUT2D eigenvalue weighted by molar-refractivity contribution is 5.91. The number of aromatic nitrogens is 4. The topological polar surface area (TPSA) is 128 Å². The molecule has 5 heterocycles. The van der Waals surface area contributed by atoms with Crippen LogP contribution >= 0.6 is 0 Å². The van der Waals surface area contributed by atoms with Gasteiger partial charge >= 0.3 is 6.16 Å². The second-order valence-electron chi connectivity index (χ2n) is 11.6. The molecule has 2 bridgehead atoms. The second-order valence-corrected chi connectivity index (χ2v) is 11.6. The van der Waals surface area contributed by atoms with Crippen LogP contribution in [0.1, 0.15) is 57.2 Å². The van der Waals surface area contributed by atoms with Gasteiger partial charge in [-0.2, -0.15) is 5.10 Å². The monoisotopic (exact) mass is 551 g/mol. The highest BCUT2D eigenvalue weighted by Crippen LogP contribution is 2.31. The molecule has 2 unspecified atom stereocenters. The Hall–Kier alpha value is -3.77. The zero-order valence-corrected chi connectivity index (χ0v) is 23.9. The normalized spacial score (nSPS) is 19.9. The number of amides is 1. The molecule has 2 atom stereocenters. The summed E-state index contributed by atoms with van der Waals surface area (Å²) >= 11 is 0. The van der Waals surface area contributed by atoms with Crippen LogP contribution in [-0.4, -0.2) is 79.1 Å². The highest BCUT2D eigenvalue weighted by Gasteiger charge is 2.41. The van der Waals surface area contributed by atoms with Gasteiger partial charge in [0.2, 0.25) is 5.91 Å². The van der Waals surface area contributed by atoms with Gasteiger partial charge in [0, 0.05) is 30.9 Å². The summed E-state index contributed by atoms with van der Waals surface area (Å²) in [6.07, 6.45) is 1.92. The molecule has 12 heteroatoms. The summed E-state index contributed by atoms with van der Waals surface area (Å²) < 4.78 is 12.8. The molecule has 2 aliphatic rings. The third kappa shape index (κ3) is 6.50. The molecule has 3 aromatic heterocycles. The van der Waals surface area contributed by atoms with Crippen LogP contribution in [0.3, 0.4) is 0 Å². The Morgan fingerprint density at radius 3 is 2.52 bits per heavy atom. The summed E-state index contributed by atoms with van der Waals surface area (Å²) in [5.74, 6) is 2.29. The Balaban J connectivity index is 1.28. The quantitative estimate of drug-likeness (QED) is 0.445. The molecule has 0 aromatic carbocycles. The molecule has 1 amide bonds. The van der Waals surface area contributed by atoms with Crippen molar-refractivity contribution in [3.8, 4) is 17.4 Å². The van der Waals surface area contributed by atoms with Gasteiger partial charge in [0.25, 0.3) is 0 Å². The Morgan fingerprint density at radius 1 is 1.07 bits per heavy atom. The van der Waals surface area contributed by atoms with E-state index in [1.807, 2.05) is 53.7 Å². The number of nitrogens with zero attached hydrogens (tertiary/aromatic N) is 6. The van der Waals surface area contributed by atoms with Crippen molar-refractivity contribution in [3.63, 3.8) is 0 Å². The predicted molar refractivity (Wildman–Crippen MR) is 147 cm³/mol. The smallest absolute Gasteiger partial charge is 0.458 e. The van der Waals surface area contributed by atoms with Crippen molar-refractivity contribution in [2.24, 2.45) is 0 Å². The van der Waals surface area contributed by atoms with Crippen molar-refractivity contribution in [1.29, 1.82) is 0 Å². The van der Waals surface area contributed by atoms with Crippen LogP contribution in [0.4, 0.5) is 10.6 Å². The summed E-state index contributed by atoms with van der Waals surface area (Å²) in [7, 11) is 0. The molecule has 2 aliphatic heterocycles. The number of hydrogen-bond acceptors (Lipinski definition) is 10. The minimum Gasteiger partial charge on any atom is -0.458 e. The van der Waals surface area contributed by atoms with E-state index in [0.29, 0.717) is 36.3 Å². The van der Waals surface area contributed by atoms with Crippen LogP contribution in [0.25, 0.3) is 17.4 Å². The maximum absolute atomic E-state index is 13.2. The molecule has 214 valence electrons. The first kappa shape index (κ1) is 27.8. The third-order valence-corrected chi connectivity index (χ3v) is 6.90. The largest absolute Gasteiger partial charge is 0.528 e. The first-order valence-corrected chi connectivity index (χ1v) is 13.6. The predicted octanol–water partition coefficient (Wildman–Crippen LogP) is 4.19. The molecule has 1 N–H and O–H groups in total. The van der Waals surface area contributed by atoms with Gasteiger partial charge in [-0.05, 0) is 79.0 Å². The van der Waals surface area contributed by atoms with Crippen LogP contribution in [-0.2, 0) is 14.4 Å². The van der Waals surface area contributed by atoms with Gasteiger partial charge in [-0.25, -0.2) is 19.4 Å². The summed E-state index contributed by atoms with van der Waals surface area (Å²) in [4.78, 5) is 42.4. The van der Waals surface area contributed by atoms with E-state index in [0.717, 1.165) is 36.4 Å². The number of rotatable bonds is 6. The average molecular weight is 552 g/mol. The fourth-order valence-corrected chi connectivity index (χ4v) is 5.27. The van der Waals surface area contributed by atoms with E-state index in [1.54, 1.807) is 21.9 Å². The molecule has 40 heavy (non-hydrogen) atoms. The van der Waals surface area contributed by atoms with Crippen molar-refractivity contribution in [3.05, 3.63) is 41.4 Å². The lowest BCUT2D eigenvalue weighted by molar-refractivity contribution is -0.169. The standard InChI is InChI=1S/C28H37N7O5/c1-17-13-18(2)34(32-17)24-14-23(30-26(31-24)22-10-7-19(3)38-22)29-25(36)16-33-12-11-20-8-9-21(15-33)35(20)40-27(37)39-28(4,5)6/h7,10,13-14,20-21H,8-9,11-12,15-16H2,1-6H3,(H,29,30,31,36). The van der Waals surface area contributed by atoms with Gasteiger partial charge in [-0.15, -0.1) is 5.06 Å². The summed E-state index contributed by atoms with van der Waals surface area (Å²) in [6, 6.07) is 7.42. The molecule has 5 rings (SSSR count). The number of carbonyl (C=O) groups excluding carboxylic acids is 2. The number of hydroxylamine groups is 2. The Labute approximate surface area is 233 Å². The van der Waals surface area contributed by atoms with Crippen LogP contribution in [0.2, 0.25) is 0 Å². The highest BCUT2D eigenvalue weighted by atomic mass is 16.8. The number of anilines is 1. The Bertz CT molecular complexity index is 1390. The molecule has 12 nitrogen and oxygen atoms in total. The summed E-state index contributed by atoms with van der Waals surface area (Å²) in [5.41, 5.74) is 1.14. The van der Waals surface area contributed by atoms with Gasteiger partial charge in [0.1, 0.15) is 17.2 Å². The zero-order chi connectivity index (χ0) is 28.6. The number of fused-ring (bicyclic) bond motifs is 2. The Kier molecular flexibility index (Phi) is 7.65. The minimum atomic E-state index is -0.694. The lowest BCUT2D eigenvalue weighted by atomic mass is 10.1. The Morgan fingerprint density at radius 2 is 1.85 bits per heavy atom. The number of ether oxygens (including phenoxy) is 1. The van der Waals surface area contributed by atoms with E-state index in [2.05, 4.69) is 25.3 Å². The fourth-order valence-electron chi connectivity index (χ4n) is 5.27. The zero-order valence-electron chi connectivity index (χ0n) is 23.9. The van der Waals surface area contributed by atoms with Gasteiger partial charge in [-0.3, -0.25) is 9.69 Å². The molecule has 2 fully saturated rings. The fraction of sp³-hybridized carbons (Fsp3) is 0.536. The molecule has 0 saturated carbocycles. The van der Waals surface area contributed by atoms with E-state index in [-0.39, 0.29) is 24.5 Å². The van der Waals surface area contributed by atoms with Crippen LogP contribution in [0.15, 0.2) is 28.7 Å². The first-order chi connectivity index (χ1) is 18.9. The number of carbonyl (C=O) groups is 2. The average Bonchev–Trinajstić information content (AvgIpc) is 3.50. The van der Waals surface area contributed by atoms with Crippen LogP contribution in [0.5, 0.6) is 0 Å². The minimum absolute atomic E-state index is 0.00158. The van der Waals surface area contributed by atoms with E-state index in [4.69, 9.17) is 14.0 Å². The van der Waals surface area contributed by atoms with E-state index < -0.39 is 11.8 Å². The van der Waals surface area contributed by atoms with Crippen LogP contribution in [0, 0.1) is 20.8 Å². The van der Waals surface area contributed by atoms with Crippen molar-refractivity contribution in [2.45, 2.75) is 78.5 Å².